The van der Waals surface area contributed by atoms with Gasteiger partial charge in [0.15, 0.2) is 0 Å². The number of thiophene rings is 1. The van der Waals surface area contributed by atoms with Crippen LogP contribution >= 0.6 is 11.3 Å². The van der Waals surface area contributed by atoms with Gasteiger partial charge < -0.3 is 15.6 Å². The van der Waals surface area contributed by atoms with Gasteiger partial charge in [-0.3, -0.25) is 4.79 Å². The van der Waals surface area contributed by atoms with E-state index in [0.717, 1.165) is 44.3 Å². The van der Waals surface area contributed by atoms with Gasteiger partial charge in [0.1, 0.15) is 4.70 Å². The summed E-state index contributed by atoms with van der Waals surface area (Å²) < 4.78 is 0.741. The number of nitrogens with one attached hydrogen (secondary N) is 1. The third kappa shape index (κ3) is 3.13. The molecule has 4 rings (SSSR count). The number of benzene rings is 2. The van der Waals surface area contributed by atoms with Crippen LogP contribution in [0.4, 0.5) is 5.69 Å². The number of pyridine rings is 1. The van der Waals surface area contributed by atoms with E-state index in [2.05, 4.69) is 55.2 Å². The lowest BCUT2D eigenvalue weighted by atomic mass is 9.93. The Kier molecular flexibility index (Phi) is 4.50. The van der Waals surface area contributed by atoms with E-state index in [4.69, 9.17) is 5.73 Å². The van der Waals surface area contributed by atoms with Crippen LogP contribution in [0.5, 0.6) is 0 Å². The summed E-state index contributed by atoms with van der Waals surface area (Å²) in [6.07, 6.45) is 0. The molecule has 1 atom stereocenters. The van der Waals surface area contributed by atoms with E-state index in [0.29, 0.717) is 5.92 Å². The van der Waals surface area contributed by atoms with Crippen LogP contribution in [0, 0.1) is 0 Å². The Balaban J connectivity index is 1.90. The summed E-state index contributed by atoms with van der Waals surface area (Å²) in [5, 5.41) is 3.93. The maximum absolute atomic E-state index is 12.3. The highest BCUT2D eigenvalue weighted by molar-refractivity contribution is 7.17. The average Bonchev–Trinajstić information content (AvgIpc) is 3.12. The van der Waals surface area contributed by atoms with Crippen LogP contribution in [-0.4, -0.2) is 30.5 Å². The molecule has 2 heterocycles. The molecule has 3 N–H and O–H groups in total. The number of rotatable bonds is 4. The molecule has 0 amide bonds. The van der Waals surface area contributed by atoms with Crippen molar-refractivity contribution in [2.24, 2.45) is 0 Å². The molecule has 0 unspecified atom stereocenters. The van der Waals surface area contributed by atoms with Gasteiger partial charge >= 0.3 is 0 Å². The normalized spacial score (nSPS) is 12.9. The third-order valence-electron chi connectivity index (χ3n) is 5.03. The van der Waals surface area contributed by atoms with E-state index in [1.165, 1.54) is 16.9 Å². The fourth-order valence-electron chi connectivity index (χ4n) is 3.81. The van der Waals surface area contributed by atoms with Crippen LogP contribution in [0.15, 0.2) is 52.6 Å². The summed E-state index contributed by atoms with van der Waals surface area (Å²) in [6, 6.07) is 14.4. The smallest absolute Gasteiger partial charge is 0.266 e. The number of fused-ring (bicyclic) bond motifs is 3. The van der Waals surface area contributed by atoms with Crippen LogP contribution in [0.3, 0.4) is 0 Å². The second kappa shape index (κ2) is 6.83. The van der Waals surface area contributed by atoms with Gasteiger partial charge in [0, 0.05) is 34.1 Å². The van der Waals surface area contributed by atoms with Crippen LogP contribution in [0.2, 0.25) is 0 Å². The van der Waals surface area contributed by atoms with Crippen molar-refractivity contribution in [2.45, 2.75) is 12.8 Å². The Morgan fingerprint density at radius 3 is 2.56 bits per heavy atom. The molecule has 0 aliphatic carbocycles. The molecule has 27 heavy (non-hydrogen) atoms. The molecule has 2 aromatic heterocycles. The van der Waals surface area contributed by atoms with Crippen LogP contribution in [0.1, 0.15) is 18.4 Å². The Morgan fingerprint density at radius 2 is 1.85 bits per heavy atom. The van der Waals surface area contributed by atoms with Gasteiger partial charge in [-0.2, -0.15) is 0 Å². The Labute approximate surface area is 162 Å². The number of hydrogen-bond donors (Lipinski definition) is 2. The van der Waals surface area contributed by atoms with Crippen molar-refractivity contribution < 1.29 is 0 Å². The Hall–Kier alpha value is -2.63. The van der Waals surface area contributed by atoms with E-state index in [9.17, 15) is 4.79 Å². The van der Waals surface area contributed by atoms with Crippen molar-refractivity contribution in [3.8, 4) is 11.1 Å². The lowest BCUT2D eigenvalue weighted by molar-refractivity contribution is 0.383. The minimum atomic E-state index is -0.0453. The molecule has 0 saturated heterocycles. The van der Waals surface area contributed by atoms with E-state index in [-0.39, 0.29) is 5.56 Å². The fraction of sp³-hybridized carbons (Fsp3) is 0.227. The van der Waals surface area contributed by atoms with E-state index < -0.39 is 0 Å². The maximum atomic E-state index is 12.3. The van der Waals surface area contributed by atoms with Gasteiger partial charge in [0.05, 0.1) is 0 Å². The molecular weight excluding hydrogens is 354 g/mol. The summed E-state index contributed by atoms with van der Waals surface area (Å²) in [5.74, 6) is 0.457. The molecule has 2 aromatic carbocycles. The number of nitrogens with two attached hydrogens (primary N) is 1. The van der Waals surface area contributed by atoms with E-state index in [1.807, 2.05) is 23.6 Å². The van der Waals surface area contributed by atoms with Gasteiger partial charge in [-0.15, -0.1) is 11.3 Å². The first kappa shape index (κ1) is 17.8. The van der Waals surface area contributed by atoms with Crippen molar-refractivity contribution in [3.05, 3.63) is 63.8 Å². The zero-order valence-corrected chi connectivity index (χ0v) is 16.6. The number of likely N-dealkylation sites (N-methyl/N-ethyl adjacent to an activating group) is 1. The monoisotopic (exact) mass is 377 g/mol. The second-order valence-corrected chi connectivity index (χ2v) is 8.27. The molecule has 5 heteroatoms. The quantitative estimate of drug-likeness (QED) is 0.509. The summed E-state index contributed by atoms with van der Waals surface area (Å²) in [7, 11) is 4.18. The molecular formula is C22H23N3OS. The highest BCUT2D eigenvalue weighted by Crippen LogP contribution is 2.38. The summed E-state index contributed by atoms with van der Waals surface area (Å²) >= 11 is 1.46. The van der Waals surface area contributed by atoms with Gasteiger partial charge in [-0.05, 0) is 54.7 Å². The molecule has 4 aromatic rings. The highest BCUT2D eigenvalue weighted by atomic mass is 32.1. The number of aromatic amines is 1. The van der Waals surface area contributed by atoms with E-state index in [1.54, 1.807) is 0 Å². The topological polar surface area (TPSA) is 62.1 Å². The van der Waals surface area contributed by atoms with Gasteiger partial charge in [0.25, 0.3) is 5.56 Å². The first-order valence-electron chi connectivity index (χ1n) is 9.02. The number of anilines is 1. The molecule has 0 fully saturated rings. The number of H-pyrrole nitrogens is 1. The van der Waals surface area contributed by atoms with Crippen molar-refractivity contribution in [2.75, 3.05) is 26.4 Å². The maximum Gasteiger partial charge on any atom is 0.266 e. The average molecular weight is 378 g/mol. The highest BCUT2D eigenvalue weighted by Gasteiger charge is 2.15. The largest absolute Gasteiger partial charge is 0.398 e. The van der Waals surface area contributed by atoms with E-state index >= 15 is 0 Å². The van der Waals surface area contributed by atoms with Crippen molar-refractivity contribution >= 4 is 38.0 Å². The lowest BCUT2D eigenvalue weighted by Gasteiger charge is -2.18. The van der Waals surface area contributed by atoms with Gasteiger partial charge in [0.2, 0.25) is 0 Å². The number of aromatic nitrogens is 1. The van der Waals surface area contributed by atoms with Crippen LogP contribution in [-0.2, 0) is 0 Å². The standard InChI is InChI=1S/C22H23N3OS/c1-13(12-25(2)3)14-4-6-15(7-5-14)19-17(23)8-9-18-20(19)16-10-11-27-21(16)22(26)24-18/h4-11,13H,12,23H2,1-3H3,(H,24,26)/t13-/m0/s1. The molecule has 0 bridgehead atoms. The zero-order valence-electron chi connectivity index (χ0n) is 15.7. The molecule has 138 valence electrons. The summed E-state index contributed by atoms with van der Waals surface area (Å²) in [4.78, 5) is 17.5. The molecule has 0 spiro atoms. The molecule has 0 aliphatic heterocycles. The number of hydrogen-bond acceptors (Lipinski definition) is 4. The SMILES string of the molecule is C[C@@H](CN(C)C)c1ccc(-c2c(N)ccc3[nH]c(=O)c4sccc4c23)cc1. The van der Waals surface area contributed by atoms with Crippen molar-refractivity contribution in [3.63, 3.8) is 0 Å². The van der Waals surface area contributed by atoms with Gasteiger partial charge in [-0.25, -0.2) is 0 Å². The molecule has 0 saturated carbocycles. The summed E-state index contributed by atoms with van der Waals surface area (Å²) in [6.45, 7) is 3.24. The zero-order chi connectivity index (χ0) is 19.1. The molecule has 0 radical (unpaired) electrons. The van der Waals surface area contributed by atoms with Crippen LogP contribution < -0.4 is 11.3 Å². The molecule has 0 aliphatic rings. The fourth-order valence-corrected chi connectivity index (χ4v) is 4.60. The van der Waals surface area contributed by atoms with Crippen LogP contribution in [0.25, 0.3) is 32.1 Å². The minimum absolute atomic E-state index is 0.0453. The summed E-state index contributed by atoms with van der Waals surface area (Å²) in [5.41, 5.74) is 11.2. The third-order valence-corrected chi connectivity index (χ3v) is 5.95. The molecule has 4 nitrogen and oxygen atoms in total. The number of nitrogens with zero attached hydrogens (tertiary/aromatic N) is 1. The first-order valence-corrected chi connectivity index (χ1v) is 9.90. The predicted molar refractivity (Wildman–Crippen MR) is 117 cm³/mol. The van der Waals surface area contributed by atoms with Crippen molar-refractivity contribution in [1.82, 2.24) is 9.88 Å². The Bertz CT molecular complexity index is 1170. The second-order valence-electron chi connectivity index (χ2n) is 7.36. The number of nitrogen functional groups attached to an aromatic ring is 1. The minimum Gasteiger partial charge on any atom is -0.398 e. The predicted octanol–water partition coefficient (Wildman–Crippen LogP) is 4.66. The van der Waals surface area contributed by atoms with Gasteiger partial charge in [-0.1, -0.05) is 31.2 Å². The lowest BCUT2D eigenvalue weighted by Crippen LogP contribution is -2.18. The Morgan fingerprint density at radius 1 is 1.11 bits per heavy atom. The first-order chi connectivity index (χ1) is 13.0. The van der Waals surface area contributed by atoms with Crippen molar-refractivity contribution in [1.29, 1.82) is 0 Å².